The van der Waals surface area contributed by atoms with Crippen molar-refractivity contribution in [3.05, 3.63) is 35.4 Å². The summed E-state index contributed by atoms with van der Waals surface area (Å²) in [6.45, 7) is 9.05. The second kappa shape index (κ2) is 5.69. The van der Waals surface area contributed by atoms with Crippen LogP contribution < -0.4 is 0 Å². The molecule has 1 rings (SSSR count). The van der Waals surface area contributed by atoms with E-state index in [1.165, 1.54) is 0 Å². The molecule has 0 saturated carbocycles. The molecule has 0 saturated heterocycles. The molecule has 0 fully saturated rings. The Morgan fingerprint density at radius 2 is 2.06 bits per heavy atom. The molecule has 0 aliphatic rings. The molecule has 0 spiro atoms. The number of amides is 1. The van der Waals surface area contributed by atoms with Gasteiger partial charge in [-0.05, 0) is 39.3 Å². The first kappa shape index (κ1) is 12.8. The summed E-state index contributed by atoms with van der Waals surface area (Å²) in [5, 5.41) is 0. The molecule has 0 bridgehead atoms. The molecule has 0 atom stereocenters. The molecule has 0 aliphatic carbocycles. The van der Waals surface area contributed by atoms with Gasteiger partial charge in [0.25, 0.3) is 5.91 Å². The van der Waals surface area contributed by atoms with Gasteiger partial charge in [0.2, 0.25) is 0 Å². The zero-order chi connectivity index (χ0) is 12.1. The third-order valence-electron chi connectivity index (χ3n) is 2.61. The first-order valence-electron chi connectivity index (χ1n) is 5.94. The smallest absolute Gasteiger partial charge is 0.254 e. The molecule has 0 heterocycles. The number of benzene rings is 1. The fourth-order valence-electron chi connectivity index (χ4n) is 1.78. The van der Waals surface area contributed by atoms with Crippen LogP contribution >= 0.6 is 0 Å². The number of nitrogens with zero attached hydrogens (tertiary/aromatic N) is 1. The van der Waals surface area contributed by atoms with E-state index in [9.17, 15) is 4.79 Å². The van der Waals surface area contributed by atoms with Crippen LogP contribution in [-0.4, -0.2) is 23.4 Å². The monoisotopic (exact) mass is 219 g/mol. The maximum atomic E-state index is 12.3. The predicted molar refractivity (Wildman–Crippen MR) is 67.6 cm³/mol. The molecule has 16 heavy (non-hydrogen) atoms. The van der Waals surface area contributed by atoms with Gasteiger partial charge in [-0.25, -0.2) is 0 Å². The van der Waals surface area contributed by atoms with Crippen molar-refractivity contribution in [2.45, 2.75) is 40.2 Å². The van der Waals surface area contributed by atoms with Crippen molar-refractivity contribution in [2.75, 3.05) is 6.54 Å². The lowest BCUT2D eigenvalue weighted by Crippen LogP contribution is -2.37. The summed E-state index contributed by atoms with van der Waals surface area (Å²) < 4.78 is 0. The second-order valence-corrected chi connectivity index (χ2v) is 4.46. The third kappa shape index (κ3) is 3.09. The highest BCUT2D eigenvalue weighted by Crippen LogP contribution is 2.10. The van der Waals surface area contributed by atoms with Crippen LogP contribution in [-0.2, 0) is 0 Å². The van der Waals surface area contributed by atoms with Crippen molar-refractivity contribution in [1.29, 1.82) is 0 Å². The fraction of sp³-hybridized carbons (Fsp3) is 0.500. The van der Waals surface area contributed by atoms with Crippen LogP contribution in [0.4, 0.5) is 0 Å². The highest BCUT2D eigenvalue weighted by Gasteiger charge is 2.17. The quantitative estimate of drug-likeness (QED) is 0.761. The third-order valence-corrected chi connectivity index (χ3v) is 2.61. The maximum Gasteiger partial charge on any atom is 0.254 e. The topological polar surface area (TPSA) is 20.3 Å². The van der Waals surface area contributed by atoms with Crippen LogP contribution in [0, 0.1) is 6.92 Å². The van der Waals surface area contributed by atoms with Crippen LogP contribution in [0.2, 0.25) is 0 Å². The van der Waals surface area contributed by atoms with E-state index in [0.29, 0.717) is 0 Å². The lowest BCUT2D eigenvalue weighted by Gasteiger charge is -2.26. The van der Waals surface area contributed by atoms with Crippen molar-refractivity contribution in [1.82, 2.24) is 4.90 Å². The van der Waals surface area contributed by atoms with Crippen molar-refractivity contribution >= 4 is 5.91 Å². The Bertz CT molecular complexity index is 358. The van der Waals surface area contributed by atoms with Crippen LogP contribution in [0.3, 0.4) is 0 Å². The van der Waals surface area contributed by atoms with E-state index in [1.54, 1.807) is 0 Å². The molecule has 0 N–H and O–H groups in total. The molecule has 1 aromatic carbocycles. The van der Waals surface area contributed by atoms with Crippen molar-refractivity contribution in [2.24, 2.45) is 0 Å². The Labute approximate surface area is 98.3 Å². The SMILES string of the molecule is CCCN(C(=O)c1cccc(C)c1)C(C)C. The van der Waals surface area contributed by atoms with Crippen molar-refractivity contribution < 1.29 is 4.79 Å². The summed E-state index contributed by atoms with van der Waals surface area (Å²) in [7, 11) is 0. The Morgan fingerprint density at radius 3 is 2.56 bits per heavy atom. The van der Waals surface area contributed by atoms with E-state index in [4.69, 9.17) is 0 Å². The molecule has 1 aromatic rings. The van der Waals surface area contributed by atoms with Gasteiger partial charge in [0.1, 0.15) is 0 Å². The highest BCUT2D eigenvalue weighted by atomic mass is 16.2. The molecule has 0 unspecified atom stereocenters. The fourth-order valence-corrected chi connectivity index (χ4v) is 1.78. The van der Waals surface area contributed by atoms with Crippen LogP contribution in [0.15, 0.2) is 24.3 Å². The molecule has 2 heteroatoms. The molecule has 88 valence electrons. The number of hydrogen-bond acceptors (Lipinski definition) is 1. The van der Waals surface area contributed by atoms with E-state index in [1.807, 2.05) is 36.1 Å². The van der Waals surface area contributed by atoms with E-state index in [0.717, 1.165) is 24.1 Å². The largest absolute Gasteiger partial charge is 0.336 e. The minimum Gasteiger partial charge on any atom is -0.336 e. The van der Waals surface area contributed by atoms with Gasteiger partial charge in [0, 0.05) is 18.2 Å². The second-order valence-electron chi connectivity index (χ2n) is 4.46. The number of carbonyl (C=O) groups is 1. The lowest BCUT2D eigenvalue weighted by atomic mass is 10.1. The average molecular weight is 219 g/mol. The molecular weight excluding hydrogens is 198 g/mol. The molecule has 0 aliphatic heterocycles. The van der Waals surface area contributed by atoms with Crippen LogP contribution in [0.5, 0.6) is 0 Å². The zero-order valence-electron chi connectivity index (χ0n) is 10.7. The van der Waals surface area contributed by atoms with E-state index in [2.05, 4.69) is 20.8 Å². The van der Waals surface area contributed by atoms with Crippen LogP contribution in [0.1, 0.15) is 43.1 Å². The summed E-state index contributed by atoms with van der Waals surface area (Å²) in [4.78, 5) is 14.2. The first-order chi connectivity index (χ1) is 7.56. The maximum absolute atomic E-state index is 12.3. The molecular formula is C14H21NO. The van der Waals surface area contributed by atoms with Gasteiger partial charge in [-0.15, -0.1) is 0 Å². The Balaban J connectivity index is 2.90. The molecule has 0 radical (unpaired) electrons. The minimum absolute atomic E-state index is 0.139. The number of aryl methyl sites for hydroxylation is 1. The van der Waals surface area contributed by atoms with E-state index in [-0.39, 0.29) is 11.9 Å². The first-order valence-corrected chi connectivity index (χ1v) is 5.94. The van der Waals surface area contributed by atoms with Gasteiger partial charge in [0.15, 0.2) is 0 Å². The molecule has 0 aromatic heterocycles. The van der Waals surface area contributed by atoms with Gasteiger partial charge in [-0.2, -0.15) is 0 Å². The van der Waals surface area contributed by atoms with E-state index < -0.39 is 0 Å². The van der Waals surface area contributed by atoms with Gasteiger partial charge in [0.05, 0.1) is 0 Å². The predicted octanol–water partition coefficient (Wildman–Crippen LogP) is 3.26. The van der Waals surface area contributed by atoms with E-state index >= 15 is 0 Å². The van der Waals surface area contributed by atoms with Crippen molar-refractivity contribution in [3.8, 4) is 0 Å². The lowest BCUT2D eigenvalue weighted by molar-refractivity contribution is 0.0706. The zero-order valence-corrected chi connectivity index (χ0v) is 10.7. The summed E-state index contributed by atoms with van der Waals surface area (Å²) in [5.41, 5.74) is 1.92. The Hall–Kier alpha value is -1.31. The molecule has 1 amide bonds. The summed E-state index contributed by atoms with van der Waals surface area (Å²) in [5.74, 6) is 0.139. The number of carbonyl (C=O) groups excluding carboxylic acids is 1. The Morgan fingerprint density at radius 1 is 1.38 bits per heavy atom. The Kier molecular flexibility index (Phi) is 4.53. The summed E-state index contributed by atoms with van der Waals surface area (Å²) in [6, 6.07) is 8.05. The number of rotatable bonds is 4. The summed E-state index contributed by atoms with van der Waals surface area (Å²) >= 11 is 0. The normalized spacial score (nSPS) is 10.6. The van der Waals surface area contributed by atoms with Gasteiger partial charge in [-0.3, -0.25) is 4.79 Å². The van der Waals surface area contributed by atoms with Gasteiger partial charge in [-0.1, -0.05) is 24.6 Å². The van der Waals surface area contributed by atoms with Crippen molar-refractivity contribution in [3.63, 3.8) is 0 Å². The highest BCUT2D eigenvalue weighted by molar-refractivity contribution is 5.94. The summed E-state index contributed by atoms with van der Waals surface area (Å²) in [6.07, 6.45) is 0.996. The van der Waals surface area contributed by atoms with Gasteiger partial charge >= 0.3 is 0 Å². The van der Waals surface area contributed by atoms with Gasteiger partial charge < -0.3 is 4.90 Å². The number of hydrogen-bond donors (Lipinski definition) is 0. The standard InChI is InChI=1S/C14H21NO/c1-5-9-15(11(2)3)14(16)13-8-6-7-12(4)10-13/h6-8,10-11H,5,9H2,1-4H3. The van der Waals surface area contributed by atoms with Crippen LogP contribution in [0.25, 0.3) is 0 Å². The minimum atomic E-state index is 0.139. The molecule has 2 nitrogen and oxygen atoms in total. The average Bonchev–Trinajstić information content (AvgIpc) is 2.24.